The van der Waals surface area contributed by atoms with Crippen molar-refractivity contribution in [1.29, 1.82) is 0 Å². The molecule has 0 aliphatic heterocycles. The number of nitrogens with one attached hydrogen (secondary N) is 1. The number of anilines is 1. The average molecular weight is 308 g/mol. The molecule has 23 heavy (non-hydrogen) atoms. The van der Waals surface area contributed by atoms with Gasteiger partial charge in [0.05, 0.1) is 4.92 Å². The molecule has 0 bridgehead atoms. The number of hydrogen-bond acceptors (Lipinski definition) is 7. The van der Waals surface area contributed by atoms with Crippen molar-refractivity contribution in [3.63, 3.8) is 0 Å². The molecule has 0 saturated heterocycles. The van der Waals surface area contributed by atoms with Crippen LogP contribution in [0.3, 0.4) is 0 Å². The number of nitrogens with zero attached hydrogens (tertiary/aromatic N) is 4. The van der Waals surface area contributed by atoms with Gasteiger partial charge in [-0.3, -0.25) is 10.1 Å². The van der Waals surface area contributed by atoms with Crippen molar-refractivity contribution in [1.82, 2.24) is 15.2 Å². The van der Waals surface area contributed by atoms with E-state index in [4.69, 9.17) is 5.84 Å². The summed E-state index contributed by atoms with van der Waals surface area (Å²) in [6.45, 7) is 0. The minimum absolute atomic E-state index is 0.000196. The van der Waals surface area contributed by atoms with Gasteiger partial charge in [0.2, 0.25) is 0 Å². The Morgan fingerprint density at radius 1 is 0.957 bits per heavy atom. The fourth-order valence-corrected chi connectivity index (χ4v) is 2.07. The highest BCUT2D eigenvalue weighted by Crippen LogP contribution is 2.25. The third-order valence-corrected chi connectivity index (χ3v) is 3.21. The summed E-state index contributed by atoms with van der Waals surface area (Å²) in [5.74, 6) is 6.23. The van der Waals surface area contributed by atoms with Crippen LogP contribution in [0.2, 0.25) is 0 Å². The molecule has 8 heteroatoms. The van der Waals surface area contributed by atoms with Gasteiger partial charge in [0, 0.05) is 23.3 Å². The van der Waals surface area contributed by atoms with Crippen molar-refractivity contribution in [3.05, 3.63) is 64.7 Å². The summed E-state index contributed by atoms with van der Waals surface area (Å²) >= 11 is 0. The summed E-state index contributed by atoms with van der Waals surface area (Å²) in [5.41, 5.74) is 4.48. The molecule has 1 aromatic heterocycles. The van der Waals surface area contributed by atoms with Gasteiger partial charge in [-0.15, -0.1) is 10.2 Å². The molecule has 0 aliphatic carbocycles. The van der Waals surface area contributed by atoms with Crippen LogP contribution in [0.15, 0.2) is 54.6 Å². The zero-order chi connectivity index (χ0) is 16.2. The van der Waals surface area contributed by atoms with Gasteiger partial charge in [-0.25, -0.2) is 10.8 Å². The largest absolute Gasteiger partial charge is 0.307 e. The molecule has 0 fully saturated rings. The Labute approximate surface area is 131 Å². The average Bonchev–Trinajstić information content (AvgIpc) is 2.62. The van der Waals surface area contributed by atoms with Crippen LogP contribution in [0, 0.1) is 10.1 Å². The Morgan fingerprint density at radius 2 is 1.65 bits per heavy atom. The predicted octanol–water partition coefficient (Wildman–Crippen LogP) is 2.40. The van der Waals surface area contributed by atoms with Crippen LogP contribution < -0.4 is 11.3 Å². The van der Waals surface area contributed by atoms with Gasteiger partial charge in [-0.05, 0) is 12.1 Å². The van der Waals surface area contributed by atoms with Crippen LogP contribution in [0.4, 0.5) is 11.5 Å². The number of nitro benzene ring substituents is 1. The Hall–Kier alpha value is -3.39. The highest BCUT2D eigenvalue weighted by atomic mass is 16.6. The molecule has 0 saturated carbocycles. The minimum Gasteiger partial charge on any atom is -0.307 e. The summed E-state index contributed by atoms with van der Waals surface area (Å²) in [5, 5.41) is 18.9. The van der Waals surface area contributed by atoms with Gasteiger partial charge < -0.3 is 5.43 Å². The summed E-state index contributed by atoms with van der Waals surface area (Å²) < 4.78 is 0. The van der Waals surface area contributed by atoms with Crippen LogP contribution in [0.1, 0.15) is 0 Å². The van der Waals surface area contributed by atoms with Gasteiger partial charge in [0.15, 0.2) is 11.6 Å². The van der Waals surface area contributed by atoms with Crippen molar-refractivity contribution < 1.29 is 4.92 Å². The van der Waals surface area contributed by atoms with Gasteiger partial charge >= 0.3 is 0 Å². The molecule has 0 aliphatic rings. The molecule has 0 amide bonds. The normalized spacial score (nSPS) is 10.3. The van der Waals surface area contributed by atoms with Crippen molar-refractivity contribution in [2.75, 3.05) is 5.43 Å². The summed E-state index contributed by atoms with van der Waals surface area (Å²) in [7, 11) is 0. The second kappa shape index (κ2) is 6.16. The first-order chi connectivity index (χ1) is 11.2. The smallest absolute Gasteiger partial charge is 0.269 e. The number of nitro groups is 1. The molecule has 8 nitrogen and oxygen atoms in total. The van der Waals surface area contributed by atoms with E-state index in [0.717, 1.165) is 5.56 Å². The van der Waals surface area contributed by atoms with E-state index in [-0.39, 0.29) is 5.69 Å². The second-order valence-electron chi connectivity index (χ2n) is 4.65. The number of nitrogen functional groups attached to an aromatic ring is 1. The van der Waals surface area contributed by atoms with E-state index in [1.807, 2.05) is 30.3 Å². The lowest BCUT2D eigenvalue weighted by Gasteiger charge is -2.08. The fourth-order valence-electron chi connectivity index (χ4n) is 2.07. The van der Waals surface area contributed by atoms with Crippen LogP contribution in [0.25, 0.3) is 22.6 Å². The van der Waals surface area contributed by atoms with E-state index in [1.165, 1.54) is 12.1 Å². The number of benzene rings is 2. The molecule has 3 rings (SSSR count). The Balaban J connectivity index is 2.00. The second-order valence-corrected chi connectivity index (χ2v) is 4.65. The van der Waals surface area contributed by atoms with Crippen molar-refractivity contribution in [2.24, 2.45) is 5.84 Å². The number of non-ortho nitro benzene ring substituents is 1. The monoisotopic (exact) mass is 308 g/mol. The predicted molar refractivity (Wildman–Crippen MR) is 85.2 cm³/mol. The van der Waals surface area contributed by atoms with Gasteiger partial charge in [-0.2, -0.15) is 0 Å². The molecular formula is C15H12N6O2. The summed E-state index contributed by atoms with van der Waals surface area (Å²) in [6.07, 6.45) is 0. The maximum atomic E-state index is 10.7. The van der Waals surface area contributed by atoms with Crippen molar-refractivity contribution in [2.45, 2.75) is 0 Å². The number of rotatable bonds is 4. The minimum atomic E-state index is -0.464. The molecule has 0 atom stereocenters. The fraction of sp³-hybridized carbons (Fsp3) is 0. The van der Waals surface area contributed by atoms with E-state index >= 15 is 0 Å². The zero-order valence-electron chi connectivity index (χ0n) is 11.9. The van der Waals surface area contributed by atoms with Crippen molar-refractivity contribution >= 4 is 11.5 Å². The molecular weight excluding hydrogens is 296 g/mol. The zero-order valence-corrected chi connectivity index (χ0v) is 11.9. The lowest BCUT2D eigenvalue weighted by molar-refractivity contribution is -0.384. The van der Waals surface area contributed by atoms with Crippen LogP contribution in [0.5, 0.6) is 0 Å². The first kappa shape index (κ1) is 14.5. The molecule has 2 aromatic carbocycles. The molecule has 114 valence electrons. The Morgan fingerprint density at radius 3 is 2.26 bits per heavy atom. The van der Waals surface area contributed by atoms with Crippen LogP contribution >= 0.6 is 0 Å². The lowest BCUT2D eigenvalue weighted by atomic mass is 10.1. The highest BCUT2D eigenvalue weighted by Gasteiger charge is 2.12. The number of nitrogens with two attached hydrogens (primary N) is 1. The maximum absolute atomic E-state index is 10.7. The van der Waals surface area contributed by atoms with E-state index in [2.05, 4.69) is 20.6 Å². The van der Waals surface area contributed by atoms with E-state index in [0.29, 0.717) is 22.9 Å². The summed E-state index contributed by atoms with van der Waals surface area (Å²) in [4.78, 5) is 14.6. The topological polar surface area (TPSA) is 120 Å². The van der Waals surface area contributed by atoms with Crippen LogP contribution in [-0.4, -0.2) is 20.1 Å². The number of hydrogen-bond donors (Lipinski definition) is 2. The maximum Gasteiger partial charge on any atom is 0.269 e. The lowest BCUT2D eigenvalue weighted by Crippen LogP contribution is -2.12. The first-order valence-corrected chi connectivity index (χ1v) is 6.70. The third-order valence-electron chi connectivity index (χ3n) is 3.21. The molecule has 0 unspecified atom stereocenters. The number of aromatic nitrogens is 3. The van der Waals surface area contributed by atoms with Gasteiger partial charge in [-0.1, -0.05) is 30.3 Å². The number of hydrazine groups is 1. The Kier molecular flexibility index (Phi) is 3.89. The van der Waals surface area contributed by atoms with Crippen LogP contribution in [-0.2, 0) is 0 Å². The standard InChI is InChI=1S/C15H12N6O2/c16-18-15-13(10-4-2-1-3-5-10)19-20-14(17-15)11-6-8-12(9-7-11)21(22)23/h1-9H,16H2,(H,17,18,20). The first-order valence-electron chi connectivity index (χ1n) is 6.70. The quantitative estimate of drug-likeness (QED) is 0.431. The van der Waals surface area contributed by atoms with E-state index < -0.39 is 4.92 Å². The highest BCUT2D eigenvalue weighted by molar-refractivity contribution is 5.72. The summed E-state index contributed by atoms with van der Waals surface area (Å²) in [6, 6.07) is 15.3. The van der Waals surface area contributed by atoms with E-state index in [1.54, 1.807) is 12.1 Å². The van der Waals surface area contributed by atoms with Gasteiger partial charge in [0.1, 0.15) is 5.69 Å². The Bertz CT molecular complexity index is 836. The molecule has 3 aromatic rings. The van der Waals surface area contributed by atoms with E-state index in [9.17, 15) is 10.1 Å². The molecule has 3 N–H and O–H groups in total. The SMILES string of the molecule is NNc1nc(-c2ccc([N+](=O)[O-])cc2)nnc1-c1ccccc1. The third kappa shape index (κ3) is 2.97. The van der Waals surface area contributed by atoms with Gasteiger partial charge in [0.25, 0.3) is 5.69 Å². The molecule has 1 heterocycles. The molecule has 0 radical (unpaired) electrons. The van der Waals surface area contributed by atoms with Crippen molar-refractivity contribution in [3.8, 4) is 22.6 Å². The molecule has 0 spiro atoms.